The summed E-state index contributed by atoms with van der Waals surface area (Å²) in [5, 5.41) is 15.4. The number of anilines is 2. The van der Waals surface area contributed by atoms with Crippen molar-refractivity contribution in [3.63, 3.8) is 0 Å². The van der Waals surface area contributed by atoms with Crippen molar-refractivity contribution in [3.8, 4) is 5.75 Å². The second kappa shape index (κ2) is 6.76. The number of benzene rings is 3. The second-order valence-electron chi connectivity index (χ2n) is 5.48. The Morgan fingerprint density at radius 1 is 1.00 bits per heavy atom. The molecule has 0 saturated heterocycles. The summed E-state index contributed by atoms with van der Waals surface area (Å²) in [6.45, 7) is 0. The first-order valence-electron chi connectivity index (χ1n) is 7.40. The highest BCUT2D eigenvalue weighted by Gasteiger charge is 2.33. The number of halogens is 4. The minimum atomic E-state index is -4.62. The van der Waals surface area contributed by atoms with Crippen molar-refractivity contribution >= 4 is 39.8 Å². The van der Waals surface area contributed by atoms with Gasteiger partial charge in [0.2, 0.25) is 0 Å². The van der Waals surface area contributed by atoms with Gasteiger partial charge in [0, 0.05) is 11.1 Å². The summed E-state index contributed by atoms with van der Waals surface area (Å²) in [5.41, 5.74) is -0.625. The summed E-state index contributed by atoms with van der Waals surface area (Å²) in [6.07, 6.45) is -4.62. The van der Waals surface area contributed by atoms with Gasteiger partial charge in [0.05, 0.1) is 16.3 Å². The number of amides is 2. The largest absolute Gasteiger partial charge is 0.508 e. The third-order valence-corrected chi connectivity index (χ3v) is 3.97. The standard InChI is InChI=1S/C18H12ClF3N2O2/c19-15-7-4-11(9-14(15)18(20,21)22)23-17(26)24-16-3-1-2-10-8-12(25)5-6-13(10)16/h1-9,25H,(H2,23,24,26). The molecule has 0 radical (unpaired) electrons. The Kier molecular flexibility index (Phi) is 4.65. The van der Waals surface area contributed by atoms with Crippen LogP contribution in [0.4, 0.5) is 29.3 Å². The Morgan fingerprint density at radius 2 is 1.77 bits per heavy atom. The Hall–Kier alpha value is -2.93. The number of aromatic hydroxyl groups is 1. The number of urea groups is 1. The van der Waals surface area contributed by atoms with E-state index in [1.54, 1.807) is 24.3 Å². The maximum absolute atomic E-state index is 12.9. The van der Waals surface area contributed by atoms with Gasteiger partial charge in [0.25, 0.3) is 0 Å². The zero-order chi connectivity index (χ0) is 18.9. The van der Waals surface area contributed by atoms with E-state index in [1.807, 2.05) is 0 Å². The van der Waals surface area contributed by atoms with Crippen LogP contribution in [-0.2, 0) is 6.18 Å². The lowest BCUT2D eigenvalue weighted by atomic mass is 10.1. The molecule has 3 aromatic rings. The van der Waals surface area contributed by atoms with Crippen LogP contribution in [0.2, 0.25) is 5.02 Å². The molecule has 2 amide bonds. The van der Waals surface area contributed by atoms with Crippen molar-refractivity contribution in [3.05, 3.63) is 65.2 Å². The van der Waals surface area contributed by atoms with Gasteiger partial charge in [-0.25, -0.2) is 4.79 Å². The van der Waals surface area contributed by atoms with Gasteiger partial charge < -0.3 is 15.7 Å². The minimum absolute atomic E-state index is 0.0443. The zero-order valence-electron chi connectivity index (χ0n) is 13.1. The topological polar surface area (TPSA) is 61.4 Å². The lowest BCUT2D eigenvalue weighted by Crippen LogP contribution is -2.20. The van der Waals surface area contributed by atoms with Crippen molar-refractivity contribution in [2.24, 2.45) is 0 Å². The second-order valence-corrected chi connectivity index (χ2v) is 5.89. The molecule has 0 unspecified atom stereocenters. The Balaban J connectivity index is 1.82. The molecule has 134 valence electrons. The SMILES string of the molecule is O=C(Nc1ccc(Cl)c(C(F)(F)F)c1)Nc1cccc2cc(O)ccc12. The van der Waals surface area contributed by atoms with Crippen molar-refractivity contribution in [2.75, 3.05) is 10.6 Å². The smallest absolute Gasteiger partial charge is 0.417 e. The van der Waals surface area contributed by atoms with Crippen LogP contribution in [0.25, 0.3) is 10.8 Å². The van der Waals surface area contributed by atoms with Crippen molar-refractivity contribution < 1.29 is 23.1 Å². The molecule has 3 rings (SSSR count). The number of hydrogen-bond acceptors (Lipinski definition) is 2. The summed E-state index contributed by atoms with van der Waals surface area (Å²) in [5.74, 6) is 0.0833. The van der Waals surface area contributed by atoms with Crippen molar-refractivity contribution in [1.82, 2.24) is 0 Å². The van der Waals surface area contributed by atoms with Crippen LogP contribution in [0.5, 0.6) is 5.75 Å². The normalized spacial score (nSPS) is 11.4. The van der Waals surface area contributed by atoms with Crippen LogP contribution < -0.4 is 10.6 Å². The van der Waals surface area contributed by atoms with E-state index in [9.17, 15) is 23.1 Å². The first-order valence-corrected chi connectivity index (χ1v) is 7.78. The van der Waals surface area contributed by atoms with Crippen LogP contribution in [-0.4, -0.2) is 11.1 Å². The molecule has 26 heavy (non-hydrogen) atoms. The third-order valence-electron chi connectivity index (χ3n) is 3.64. The number of rotatable bonds is 2. The van der Waals surface area contributed by atoms with Gasteiger partial charge in [-0.15, -0.1) is 0 Å². The Bertz CT molecular complexity index is 990. The number of nitrogens with one attached hydrogen (secondary N) is 2. The summed E-state index contributed by atoms with van der Waals surface area (Å²) in [4.78, 5) is 12.2. The van der Waals surface area contributed by atoms with E-state index in [4.69, 9.17) is 11.6 Å². The number of hydrogen-bond donors (Lipinski definition) is 3. The molecule has 3 aromatic carbocycles. The van der Waals surface area contributed by atoms with Gasteiger partial charge >= 0.3 is 12.2 Å². The van der Waals surface area contributed by atoms with E-state index in [2.05, 4.69) is 10.6 Å². The molecule has 3 N–H and O–H groups in total. The van der Waals surface area contributed by atoms with E-state index in [1.165, 1.54) is 18.2 Å². The molecule has 0 heterocycles. The van der Waals surface area contributed by atoms with Crippen LogP contribution >= 0.6 is 11.6 Å². The molecule has 4 nitrogen and oxygen atoms in total. The van der Waals surface area contributed by atoms with Crippen LogP contribution in [0, 0.1) is 0 Å². The number of carbonyl (C=O) groups is 1. The van der Waals surface area contributed by atoms with Gasteiger partial charge in [-0.1, -0.05) is 23.7 Å². The Morgan fingerprint density at radius 3 is 2.50 bits per heavy atom. The number of phenolic OH excluding ortho intramolecular Hbond substituents is 1. The van der Waals surface area contributed by atoms with E-state index in [0.717, 1.165) is 12.1 Å². The van der Waals surface area contributed by atoms with Gasteiger partial charge in [0.15, 0.2) is 0 Å². The minimum Gasteiger partial charge on any atom is -0.508 e. The number of phenols is 1. The molecular weight excluding hydrogens is 369 g/mol. The van der Waals surface area contributed by atoms with Gasteiger partial charge in [-0.2, -0.15) is 13.2 Å². The average Bonchev–Trinajstić information content (AvgIpc) is 2.55. The predicted molar refractivity (Wildman–Crippen MR) is 94.7 cm³/mol. The van der Waals surface area contributed by atoms with Crippen molar-refractivity contribution in [1.29, 1.82) is 0 Å². The lowest BCUT2D eigenvalue weighted by molar-refractivity contribution is -0.137. The maximum Gasteiger partial charge on any atom is 0.417 e. The molecular formula is C18H12ClF3N2O2. The first-order chi connectivity index (χ1) is 12.2. The fourth-order valence-corrected chi connectivity index (χ4v) is 2.71. The highest BCUT2D eigenvalue weighted by molar-refractivity contribution is 6.31. The fourth-order valence-electron chi connectivity index (χ4n) is 2.49. The molecule has 0 aliphatic rings. The van der Waals surface area contributed by atoms with Crippen LogP contribution in [0.3, 0.4) is 0 Å². The summed E-state index contributed by atoms with van der Waals surface area (Å²) >= 11 is 5.56. The van der Waals surface area contributed by atoms with Gasteiger partial charge in [-0.3, -0.25) is 0 Å². The van der Waals surface area contributed by atoms with Crippen molar-refractivity contribution in [2.45, 2.75) is 6.18 Å². The van der Waals surface area contributed by atoms with E-state index < -0.39 is 22.8 Å². The molecule has 0 aliphatic carbocycles. The predicted octanol–water partition coefficient (Wildman–Crippen LogP) is 5.86. The summed E-state index contributed by atoms with van der Waals surface area (Å²) in [7, 11) is 0. The quantitative estimate of drug-likeness (QED) is 0.521. The average molecular weight is 381 g/mol. The molecule has 0 fully saturated rings. The molecule has 0 atom stereocenters. The van der Waals surface area contributed by atoms with Crippen LogP contribution in [0.15, 0.2) is 54.6 Å². The highest BCUT2D eigenvalue weighted by Crippen LogP contribution is 2.36. The first kappa shape index (κ1) is 17.9. The Labute approximate surface area is 151 Å². The molecule has 0 spiro atoms. The molecule has 0 aliphatic heterocycles. The number of carbonyl (C=O) groups excluding carboxylic acids is 1. The molecule has 8 heteroatoms. The molecule has 0 saturated carbocycles. The summed E-state index contributed by atoms with van der Waals surface area (Å²) < 4.78 is 38.7. The van der Waals surface area contributed by atoms with Gasteiger partial charge in [0.1, 0.15) is 5.75 Å². The molecule has 0 aromatic heterocycles. The number of fused-ring (bicyclic) bond motifs is 1. The number of alkyl halides is 3. The maximum atomic E-state index is 12.9. The third kappa shape index (κ3) is 3.83. The molecule has 0 bridgehead atoms. The van der Waals surface area contributed by atoms with E-state index >= 15 is 0 Å². The fraction of sp³-hybridized carbons (Fsp3) is 0.0556. The lowest BCUT2D eigenvalue weighted by Gasteiger charge is -2.13. The summed E-state index contributed by atoms with van der Waals surface area (Å²) in [6, 6.07) is 12.1. The van der Waals surface area contributed by atoms with E-state index in [0.29, 0.717) is 16.5 Å². The monoisotopic (exact) mass is 380 g/mol. The van der Waals surface area contributed by atoms with Crippen LogP contribution in [0.1, 0.15) is 5.56 Å². The van der Waals surface area contributed by atoms with E-state index in [-0.39, 0.29) is 11.4 Å². The highest BCUT2D eigenvalue weighted by atomic mass is 35.5. The van der Waals surface area contributed by atoms with Gasteiger partial charge in [-0.05, 0) is 47.9 Å². The zero-order valence-corrected chi connectivity index (χ0v) is 13.8.